The number of carbonyl (C=O) groups excluding carboxylic acids is 1. The van der Waals surface area contributed by atoms with E-state index in [4.69, 9.17) is 28.9 Å². The molecule has 0 bridgehead atoms. The van der Waals surface area contributed by atoms with Crippen LogP contribution >= 0.6 is 35.6 Å². The van der Waals surface area contributed by atoms with Crippen molar-refractivity contribution in [3.8, 4) is 0 Å². The third kappa shape index (κ3) is 3.54. The van der Waals surface area contributed by atoms with Crippen molar-refractivity contribution in [2.24, 2.45) is 11.1 Å². The maximum Gasteiger partial charge on any atom is 0.231 e. The van der Waals surface area contributed by atoms with Gasteiger partial charge >= 0.3 is 0 Å². The fourth-order valence-electron chi connectivity index (χ4n) is 2.41. The zero-order valence-electron chi connectivity index (χ0n) is 10.4. The van der Waals surface area contributed by atoms with E-state index < -0.39 is 5.41 Å². The van der Waals surface area contributed by atoms with Gasteiger partial charge in [-0.3, -0.25) is 4.79 Å². The first-order valence-electron chi connectivity index (χ1n) is 6.04. The lowest BCUT2D eigenvalue weighted by atomic mass is 9.85. The third-order valence-electron chi connectivity index (χ3n) is 3.61. The second kappa shape index (κ2) is 6.80. The minimum Gasteiger partial charge on any atom is -0.329 e. The van der Waals surface area contributed by atoms with Crippen molar-refractivity contribution in [2.75, 3.05) is 11.9 Å². The molecule has 2 rings (SSSR count). The SMILES string of the molecule is Cl.NCC1(C(=O)Nc2ccc(Cl)c(Cl)c2)CCCC1. The monoisotopic (exact) mass is 322 g/mol. The highest BCUT2D eigenvalue weighted by atomic mass is 35.5. The van der Waals surface area contributed by atoms with Crippen molar-refractivity contribution in [1.82, 2.24) is 0 Å². The van der Waals surface area contributed by atoms with Gasteiger partial charge in [0.05, 0.1) is 15.5 Å². The average molecular weight is 324 g/mol. The van der Waals surface area contributed by atoms with Crippen molar-refractivity contribution in [1.29, 1.82) is 0 Å². The summed E-state index contributed by atoms with van der Waals surface area (Å²) in [5.74, 6) is -0.0131. The zero-order valence-corrected chi connectivity index (χ0v) is 12.7. The van der Waals surface area contributed by atoms with Crippen LogP contribution in [0.25, 0.3) is 0 Å². The van der Waals surface area contributed by atoms with Gasteiger partial charge in [-0.25, -0.2) is 0 Å². The lowest BCUT2D eigenvalue weighted by molar-refractivity contribution is -0.124. The summed E-state index contributed by atoms with van der Waals surface area (Å²) >= 11 is 11.8. The van der Waals surface area contributed by atoms with E-state index in [1.54, 1.807) is 18.2 Å². The maximum atomic E-state index is 12.3. The Hall–Kier alpha value is -0.480. The summed E-state index contributed by atoms with van der Waals surface area (Å²) in [6.45, 7) is 0.389. The highest BCUT2D eigenvalue weighted by molar-refractivity contribution is 6.42. The third-order valence-corrected chi connectivity index (χ3v) is 4.35. The molecule has 1 aromatic rings. The lowest BCUT2D eigenvalue weighted by Crippen LogP contribution is -2.40. The Morgan fingerprint density at radius 2 is 1.89 bits per heavy atom. The number of benzene rings is 1. The average Bonchev–Trinajstić information content (AvgIpc) is 2.84. The Balaban J connectivity index is 0.00000180. The molecular formula is C13H17Cl3N2O. The summed E-state index contributed by atoms with van der Waals surface area (Å²) in [5.41, 5.74) is 6.02. The van der Waals surface area contributed by atoms with Gasteiger partial charge in [-0.15, -0.1) is 12.4 Å². The number of anilines is 1. The number of rotatable bonds is 3. The second-order valence-electron chi connectivity index (χ2n) is 4.77. The number of carbonyl (C=O) groups is 1. The molecule has 0 radical (unpaired) electrons. The summed E-state index contributed by atoms with van der Waals surface area (Å²) < 4.78 is 0. The van der Waals surface area contributed by atoms with E-state index in [1.165, 1.54) is 0 Å². The molecule has 1 fully saturated rings. The van der Waals surface area contributed by atoms with Crippen LogP contribution in [0.2, 0.25) is 10.0 Å². The molecule has 0 aromatic heterocycles. The number of hydrogen-bond donors (Lipinski definition) is 2. The van der Waals surface area contributed by atoms with Gasteiger partial charge in [0, 0.05) is 12.2 Å². The van der Waals surface area contributed by atoms with Crippen LogP contribution in [0.5, 0.6) is 0 Å². The van der Waals surface area contributed by atoms with Gasteiger partial charge in [-0.05, 0) is 31.0 Å². The molecule has 106 valence electrons. The molecule has 6 heteroatoms. The van der Waals surface area contributed by atoms with Crippen LogP contribution in [-0.2, 0) is 4.79 Å². The van der Waals surface area contributed by atoms with Gasteiger partial charge in [-0.1, -0.05) is 36.0 Å². The molecule has 1 aliphatic rings. The zero-order chi connectivity index (χ0) is 13.2. The number of halogens is 3. The minimum atomic E-state index is -0.411. The number of nitrogens with two attached hydrogens (primary N) is 1. The Morgan fingerprint density at radius 3 is 2.42 bits per heavy atom. The van der Waals surface area contributed by atoms with Crippen LogP contribution in [0.1, 0.15) is 25.7 Å². The second-order valence-corrected chi connectivity index (χ2v) is 5.59. The molecule has 1 saturated carbocycles. The molecule has 3 nitrogen and oxygen atoms in total. The minimum absolute atomic E-state index is 0. The molecule has 0 atom stereocenters. The highest BCUT2D eigenvalue weighted by Gasteiger charge is 2.39. The summed E-state index contributed by atoms with van der Waals surface area (Å²) in [4.78, 5) is 12.3. The van der Waals surface area contributed by atoms with Gasteiger partial charge in [0.15, 0.2) is 0 Å². The number of nitrogens with one attached hydrogen (secondary N) is 1. The summed E-state index contributed by atoms with van der Waals surface area (Å²) in [6.07, 6.45) is 3.84. The van der Waals surface area contributed by atoms with E-state index in [0.29, 0.717) is 22.3 Å². The van der Waals surface area contributed by atoms with Gasteiger partial charge < -0.3 is 11.1 Å². The smallest absolute Gasteiger partial charge is 0.231 e. The topological polar surface area (TPSA) is 55.1 Å². The Morgan fingerprint density at radius 1 is 1.26 bits per heavy atom. The van der Waals surface area contributed by atoms with Gasteiger partial charge in [0.25, 0.3) is 0 Å². The largest absolute Gasteiger partial charge is 0.329 e. The Labute approximate surface area is 129 Å². The number of hydrogen-bond acceptors (Lipinski definition) is 2. The van der Waals surface area contributed by atoms with Crippen LogP contribution in [0.4, 0.5) is 5.69 Å². The van der Waals surface area contributed by atoms with Crippen LogP contribution < -0.4 is 11.1 Å². The summed E-state index contributed by atoms with van der Waals surface area (Å²) in [5, 5.41) is 3.79. The highest BCUT2D eigenvalue weighted by Crippen LogP contribution is 2.38. The molecule has 3 N–H and O–H groups in total. The van der Waals surface area contributed by atoms with E-state index in [0.717, 1.165) is 25.7 Å². The fraction of sp³-hybridized carbons (Fsp3) is 0.462. The lowest BCUT2D eigenvalue weighted by Gasteiger charge is -2.25. The fourth-order valence-corrected chi connectivity index (χ4v) is 2.71. The first kappa shape index (κ1) is 16.6. The van der Waals surface area contributed by atoms with Crippen LogP contribution in [0.3, 0.4) is 0 Å². The predicted octanol–water partition coefficient (Wildman–Crippen LogP) is 3.87. The molecule has 0 saturated heterocycles. The molecule has 19 heavy (non-hydrogen) atoms. The Bertz CT molecular complexity index is 459. The molecular weight excluding hydrogens is 307 g/mol. The van der Waals surface area contributed by atoms with Crippen LogP contribution in [0.15, 0.2) is 18.2 Å². The van der Waals surface area contributed by atoms with Crippen LogP contribution in [0, 0.1) is 5.41 Å². The van der Waals surface area contributed by atoms with Crippen molar-refractivity contribution in [3.63, 3.8) is 0 Å². The Kier molecular flexibility index (Phi) is 5.93. The normalized spacial score (nSPS) is 16.8. The molecule has 0 aliphatic heterocycles. The van der Waals surface area contributed by atoms with Gasteiger partial charge in [0.2, 0.25) is 5.91 Å². The van der Waals surface area contributed by atoms with Crippen molar-refractivity contribution in [3.05, 3.63) is 28.2 Å². The van der Waals surface area contributed by atoms with Crippen LogP contribution in [-0.4, -0.2) is 12.5 Å². The first-order valence-corrected chi connectivity index (χ1v) is 6.79. The molecule has 0 unspecified atom stereocenters. The summed E-state index contributed by atoms with van der Waals surface area (Å²) in [7, 11) is 0. The van der Waals surface area contributed by atoms with E-state index >= 15 is 0 Å². The van der Waals surface area contributed by atoms with E-state index in [1.807, 2.05) is 0 Å². The summed E-state index contributed by atoms with van der Waals surface area (Å²) in [6, 6.07) is 5.06. The standard InChI is InChI=1S/C13H16Cl2N2O.ClH/c14-10-4-3-9(7-11(10)15)17-12(18)13(8-16)5-1-2-6-13;/h3-4,7H,1-2,5-6,8,16H2,(H,17,18);1H. The van der Waals surface area contributed by atoms with Gasteiger partial charge in [-0.2, -0.15) is 0 Å². The van der Waals surface area contributed by atoms with Crippen molar-refractivity contribution in [2.45, 2.75) is 25.7 Å². The molecule has 0 heterocycles. The molecule has 1 aliphatic carbocycles. The van der Waals surface area contributed by atoms with E-state index in [9.17, 15) is 4.79 Å². The quantitative estimate of drug-likeness (QED) is 0.887. The molecule has 1 aromatic carbocycles. The van der Waals surface area contributed by atoms with Gasteiger partial charge in [0.1, 0.15) is 0 Å². The number of amides is 1. The first-order chi connectivity index (χ1) is 8.57. The van der Waals surface area contributed by atoms with E-state index in [2.05, 4.69) is 5.32 Å². The predicted molar refractivity (Wildman–Crippen MR) is 82.3 cm³/mol. The molecule has 1 amide bonds. The molecule has 0 spiro atoms. The van der Waals surface area contributed by atoms with Crippen molar-refractivity contribution >= 4 is 47.2 Å². The maximum absolute atomic E-state index is 12.3. The van der Waals surface area contributed by atoms with Crippen molar-refractivity contribution < 1.29 is 4.79 Å². The van der Waals surface area contributed by atoms with E-state index in [-0.39, 0.29) is 18.3 Å².